The van der Waals surface area contributed by atoms with Crippen molar-refractivity contribution in [3.8, 4) is 0 Å². The van der Waals surface area contributed by atoms with Crippen molar-refractivity contribution in [3.05, 3.63) is 28.8 Å². The van der Waals surface area contributed by atoms with Crippen LogP contribution in [0.3, 0.4) is 0 Å². The Labute approximate surface area is 121 Å². The largest absolute Gasteiger partial charge is 0.478 e. The molecule has 1 saturated heterocycles. The van der Waals surface area contributed by atoms with E-state index in [-0.39, 0.29) is 16.6 Å². The van der Waals surface area contributed by atoms with Gasteiger partial charge in [-0.15, -0.1) is 0 Å². The maximum Gasteiger partial charge on any atom is 0.337 e. The van der Waals surface area contributed by atoms with Crippen LogP contribution in [0.25, 0.3) is 0 Å². The summed E-state index contributed by atoms with van der Waals surface area (Å²) in [4.78, 5) is 24.9. The second-order valence-electron chi connectivity index (χ2n) is 5.42. The predicted molar refractivity (Wildman–Crippen MR) is 75.3 cm³/mol. The second-order valence-corrected chi connectivity index (χ2v) is 5.82. The Kier molecular flexibility index (Phi) is 3.30. The van der Waals surface area contributed by atoms with Crippen LogP contribution in [0.4, 0.5) is 10.5 Å². The second kappa shape index (κ2) is 4.98. The first-order valence-corrected chi connectivity index (χ1v) is 7.03. The van der Waals surface area contributed by atoms with Crippen LogP contribution in [-0.4, -0.2) is 34.6 Å². The van der Waals surface area contributed by atoms with E-state index in [1.165, 1.54) is 18.6 Å². The number of urea groups is 1. The van der Waals surface area contributed by atoms with Crippen LogP contribution < -0.4 is 5.32 Å². The maximum atomic E-state index is 12.2. The number of carboxylic acid groups (broad SMARTS) is 1. The van der Waals surface area contributed by atoms with Crippen molar-refractivity contribution >= 4 is 29.3 Å². The molecule has 1 aliphatic carbocycles. The molecule has 2 atom stereocenters. The standard InChI is InChI=1S/C14H15ClN2O3/c15-12-6-9(2-4-11(12)13(18)19)16-14(20)17-7-8-1-3-10(17)5-8/h2,4,6,8,10H,1,3,5,7H2,(H,16,20)(H,18,19). The third kappa shape index (κ3) is 2.33. The van der Waals surface area contributed by atoms with Crippen LogP contribution in [0.1, 0.15) is 29.6 Å². The van der Waals surface area contributed by atoms with Gasteiger partial charge in [-0.25, -0.2) is 9.59 Å². The van der Waals surface area contributed by atoms with E-state index in [2.05, 4.69) is 5.32 Å². The zero-order valence-electron chi connectivity index (χ0n) is 10.8. The minimum Gasteiger partial charge on any atom is -0.478 e. The summed E-state index contributed by atoms with van der Waals surface area (Å²) in [6, 6.07) is 4.65. The molecule has 2 bridgehead atoms. The summed E-state index contributed by atoms with van der Waals surface area (Å²) >= 11 is 5.88. The highest BCUT2D eigenvalue weighted by molar-refractivity contribution is 6.33. The predicted octanol–water partition coefficient (Wildman–Crippen LogP) is 3.05. The number of aromatic carboxylic acids is 1. The lowest BCUT2D eigenvalue weighted by molar-refractivity contribution is 0.0697. The van der Waals surface area contributed by atoms with E-state index >= 15 is 0 Å². The number of fused-ring (bicyclic) bond motifs is 2. The minimum atomic E-state index is -1.08. The lowest BCUT2D eigenvalue weighted by Crippen LogP contribution is -2.40. The molecule has 3 rings (SSSR count). The number of nitrogens with zero attached hydrogens (tertiary/aromatic N) is 1. The highest BCUT2D eigenvalue weighted by atomic mass is 35.5. The zero-order chi connectivity index (χ0) is 14.3. The van der Waals surface area contributed by atoms with Gasteiger partial charge in [-0.05, 0) is 43.4 Å². The van der Waals surface area contributed by atoms with E-state index in [1.807, 2.05) is 4.90 Å². The summed E-state index contributed by atoms with van der Waals surface area (Å²) in [5, 5.41) is 11.8. The van der Waals surface area contributed by atoms with E-state index < -0.39 is 5.97 Å². The Bertz CT molecular complexity index is 576. The van der Waals surface area contributed by atoms with Crippen molar-refractivity contribution < 1.29 is 14.7 Å². The number of piperidine rings is 1. The van der Waals surface area contributed by atoms with Gasteiger partial charge < -0.3 is 15.3 Å². The molecule has 2 amide bonds. The lowest BCUT2D eigenvalue weighted by atomic mass is 10.1. The minimum absolute atomic E-state index is 0.0323. The first-order chi connectivity index (χ1) is 9.54. The van der Waals surface area contributed by atoms with E-state index in [1.54, 1.807) is 6.07 Å². The molecule has 1 heterocycles. The van der Waals surface area contributed by atoms with Crippen LogP contribution in [0.5, 0.6) is 0 Å². The van der Waals surface area contributed by atoms with Gasteiger partial charge in [0.15, 0.2) is 0 Å². The summed E-state index contributed by atoms with van der Waals surface area (Å²) in [7, 11) is 0. The fraction of sp³-hybridized carbons (Fsp3) is 0.429. The molecular weight excluding hydrogens is 280 g/mol. The van der Waals surface area contributed by atoms with Crippen LogP contribution in [-0.2, 0) is 0 Å². The van der Waals surface area contributed by atoms with Gasteiger partial charge in [0.05, 0.1) is 10.6 Å². The Morgan fingerprint density at radius 1 is 1.35 bits per heavy atom. The number of carbonyl (C=O) groups excluding carboxylic acids is 1. The van der Waals surface area contributed by atoms with E-state index in [0.29, 0.717) is 17.6 Å². The fourth-order valence-corrected chi connectivity index (χ4v) is 3.40. The van der Waals surface area contributed by atoms with Crippen molar-refractivity contribution in [2.45, 2.75) is 25.3 Å². The first-order valence-electron chi connectivity index (χ1n) is 6.65. The summed E-state index contributed by atoms with van der Waals surface area (Å²) in [6.07, 6.45) is 3.40. The van der Waals surface area contributed by atoms with Crippen LogP contribution in [0, 0.1) is 5.92 Å². The van der Waals surface area contributed by atoms with E-state index in [4.69, 9.17) is 16.7 Å². The third-order valence-electron chi connectivity index (χ3n) is 4.12. The molecule has 1 saturated carbocycles. The summed E-state index contributed by atoms with van der Waals surface area (Å²) in [5.74, 6) is -0.437. The van der Waals surface area contributed by atoms with Gasteiger partial charge in [0.25, 0.3) is 0 Å². The molecule has 6 heteroatoms. The van der Waals surface area contributed by atoms with E-state index in [0.717, 1.165) is 19.4 Å². The number of carbonyl (C=O) groups is 2. The molecule has 106 valence electrons. The van der Waals surface area contributed by atoms with Crippen LogP contribution >= 0.6 is 11.6 Å². The Hall–Kier alpha value is -1.75. The van der Waals surface area contributed by atoms with Crippen LogP contribution in [0.2, 0.25) is 5.02 Å². The fourth-order valence-electron chi connectivity index (χ4n) is 3.14. The highest BCUT2D eigenvalue weighted by Gasteiger charge is 2.40. The summed E-state index contributed by atoms with van der Waals surface area (Å²) < 4.78 is 0. The third-order valence-corrected chi connectivity index (χ3v) is 4.43. The van der Waals surface area contributed by atoms with Crippen molar-refractivity contribution in [3.63, 3.8) is 0 Å². The van der Waals surface area contributed by atoms with Crippen LogP contribution in [0.15, 0.2) is 18.2 Å². The number of hydrogen-bond donors (Lipinski definition) is 2. The zero-order valence-corrected chi connectivity index (χ0v) is 11.6. The summed E-state index contributed by atoms with van der Waals surface area (Å²) in [6.45, 7) is 0.817. The van der Waals surface area contributed by atoms with Gasteiger partial charge in [0, 0.05) is 18.3 Å². The summed E-state index contributed by atoms with van der Waals surface area (Å²) in [5.41, 5.74) is 0.553. The molecule has 1 aromatic rings. The molecule has 20 heavy (non-hydrogen) atoms. The molecule has 5 nitrogen and oxygen atoms in total. The monoisotopic (exact) mass is 294 g/mol. The maximum absolute atomic E-state index is 12.2. The number of hydrogen-bond acceptors (Lipinski definition) is 2. The molecule has 2 aliphatic rings. The number of nitrogens with one attached hydrogen (secondary N) is 1. The Morgan fingerprint density at radius 3 is 2.70 bits per heavy atom. The number of carboxylic acids is 1. The number of halogens is 1. The van der Waals surface area contributed by atoms with Gasteiger partial charge in [0.1, 0.15) is 0 Å². The van der Waals surface area contributed by atoms with Crippen molar-refractivity contribution in [1.82, 2.24) is 4.90 Å². The Balaban J connectivity index is 1.70. The number of benzene rings is 1. The molecule has 0 radical (unpaired) electrons. The number of likely N-dealkylation sites (tertiary alicyclic amines) is 1. The smallest absolute Gasteiger partial charge is 0.337 e. The molecule has 2 unspecified atom stereocenters. The van der Waals surface area contributed by atoms with Gasteiger partial charge in [-0.3, -0.25) is 0 Å². The quantitative estimate of drug-likeness (QED) is 0.881. The Morgan fingerprint density at radius 2 is 2.15 bits per heavy atom. The molecular formula is C14H15ClN2O3. The van der Waals surface area contributed by atoms with Gasteiger partial charge in [-0.2, -0.15) is 0 Å². The van der Waals surface area contributed by atoms with Crippen molar-refractivity contribution in [2.75, 3.05) is 11.9 Å². The van der Waals surface area contributed by atoms with Crippen molar-refractivity contribution in [1.29, 1.82) is 0 Å². The van der Waals surface area contributed by atoms with Gasteiger partial charge in [-0.1, -0.05) is 11.6 Å². The first kappa shape index (κ1) is 13.2. The molecule has 1 aromatic carbocycles. The van der Waals surface area contributed by atoms with Crippen molar-refractivity contribution in [2.24, 2.45) is 5.92 Å². The molecule has 2 N–H and O–H groups in total. The molecule has 1 aliphatic heterocycles. The average molecular weight is 295 g/mol. The van der Waals surface area contributed by atoms with E-state index in [9.17, 15) is 9.59 Å². The average Bonchev–Trinajstić information content (AvgIpc) is 3.00. The number of rotatable bonds is 2. The number of anilines is 1. The molecule has 2 fully saturated rings. The lowest BCUT2D eigenvalue weighted by Gasteiger charge is -2.27. The molecule has 0 spiro atoms. The highest BCUT2D eigenvalue weighted by Crippen LogP contribution is 2.37. The molecule has 0 aromatic heterocycles. The topological polar surface area (TPSA) is 69.6 Å². The van der Waals surface area contributed by atoms with Gasteiger partial charge >= 0.3 is 12.0 Å². The van der Waals surface area contributed by atoms with Gasteiger partial charge in [0.2, 0.25) is 0 Å². The number of amides is 2. The SMILES string of the molecule is O=C(O)c1ccc(NC(=O)N2CC3CCC2C3)cc1Cl. The normalized spacial score (nSPS) is 23.9.